The number of nitrogens with zero attached hydrogens (tertiary/aromatic N) is 2. The topological polar surface area (TPSA) is 79.0 Å². The fourth-order valence-electron chi connectivity index (χ4n) is 4.43. The lowest BCUT2D eigenvalue weighted by molar-refractivity contribution is -0.128. The smallest absolute Gasteiger partial charge is 0.261 e. The van der Waals surface area contributed by atoms with Gasteiger partial charge in [0.2, 0.25) is 10.0 Å². The van der Waals surface area contributed by atoms with Crippen LogP contribution in [0.4, 0.5) is 5.69 Å². The first kappa shape index (κ1) is 24.8. The number of hydrogen-bond donors (Lipinski definition) is 1. The van der Waals surface area contributed by atoms with E-state index in [0.29, 0.717) is 23.0 Å². The number of hydrogen-bond acceptors (Lipinski definition) is 5. The average molecular weight is 506 g/mol. The molecule has 34 heavy (non-hydrogen) atoms. The molecule has 0 bridgehead atoms. The van der Waals surface area contributed by atoms with Gasteiger partial charge in [0.1, 0.15) is 5.75 Å². The summed E-state index contributed by atoms with van der Waals surface area (Å²) in [5, 5.41) is 3.33. The number of carbonyl (C=O) groups is 1. The SMILES string of the molecule is CC1CCN(Cc2ccc(CNC(=O)C3CCN(S(C)(=O)=O)c4cc(Cl)ccc4O3)cc2)CC1. The summed E-state index contributed by atoms with van der Waals surface area (Å²) in [6.45, 7) is 6.07. The van der Waals surface area contributed by atoms with Crippen molar-refractivity contribution >= 4 is 33.2 Å². The van der Waals surface area contributed by atoms with Crippen molar-refractivity contribution in [3.05, 3.63) is 58.6 Å². The van der Waals surface area contributed by atoms with Crippen LogP contribution in [-0.4, -0.2) is 51.2 Å². The fourth-order valence-corrected chi connectivity index (χ4v) is 5.53. The summed E-state index contributed by atoms with van der Waals surface area (Å²) >= 11 is 6.07. The van der Waals surface area contributed by atoms with Crippen LogP contribution < -0.4 is 14.4 Å². The molecule has 184 valence electrons. The van der Waals surface area contributed by atoms with Crippen molar-refractivity contribution in [1.29, 1.82) is 0 Å². The summed E-state index contributed by atoms with van der Waals surface area (Å²) in [4.78, 5) is 15.4. The van der Waals surface area contributed by atoms with Gasteiger partial charge >= 0.3 is 0 Å². The van der Waals surface area contributed by atoms with Crippen molar-refractivity contribution in [1.82, 2.24) is 10.2 Å². The molecule has 0 radical (unpaired) electrons. The molecule has 1 fully saturated rings. The lowest BCUT2D eigenvalue weighted by Crippen LogP contribution is -2.39. The molecule has 2 heterocycles. The van der Waals surface area contributed by atoms with Crippen molar-refractivity contribution in [2.45, 2.75) is 45.4 Å². The molecule has 0 aromatic heterocycles. The Hall–Kier alpha value is -2.29. The van der Waals surface area contributed by atoms with E-state index in [1.807, 2.05) is 12.1 Å². The van der Waals surface area contributed by atoms with E-state index in [-0.39, 0.29) is 18.9 Å². The highest BCUT2D eigenvalue weighted by Gasteiger charge is 2.31. The molecular formula is C25H32ClN3O4S. The summed E-state index contributed by atoms with van der Waals surface area (Å²) in [5.74, 6) is 0.868. The molecule has 2 aliphatic rings. The Morgan fingerprint density at radius 2 is 1.74 bits per heavy atom. The third-order valence-corrected chi connectivity index (χ3v) is 7.93. The highest BCUT2D eigenvalue weighted by molar-refractivity contribution is 7.92. The maximum Gasteiger partial charge on any atom is 0.261 e. The largest absolute Gasteiger partial charge is 0.478 e. The predicted octanol–water partition coefficient (Wildman–Crippen LogP) is 3.81. The molecule has 0 spiro atoms. The van der Waals surface area contributed by atoms with Gasteiger partial charge in [0.25, 0.3) is 5.91 Å². The van der Waals surface area contributed by atoms with Gasteiger partial charge in [0.15, 0.2) is 6.10 Å². The number of nitrogens with one attached hydrogen (secondary N) is 1. The lowest BCUT2D eigenvalue weighted by atomic mass is 9.99. The Labute approximate surface area is 207 Å². The number of sulfonamides is 1. The summed E-state index contributed by atoms with van der Waals surface area (Å²) < 4.78 is 31.7. The number of piperidine rings is 1. The van der Waals surface area contributed by atoms with Crippen LogP contribution in [0.5, 0.6) is 5.75 Å². The second kappa shape index (κ2) is 10.5. The van der Waals surface area contributed by atoms with Crippen LogP contribution in [0.1, 0.15) is 37.3 Å². The van der Waals surface area contributed by atoms with Gasteiger partial charge in [0, 0.05) is 31.1 Å². The van der Waals surface area contributed by atoms with Crippen LogP contribution in [0.15, 0.2) is 42.5 Å². The number of fused-ring (bicyclic) bond motifs is 1. The number of anilines is 1. The Morgan fingerprint density at radius 3 is 2.41 bits per heavy atom. The molecule has 7 nitrogen and oxygen atoms in total. The van der Waals surface area contributed by atoms with E-state index in [1.54, 1.807) is 18.2 Å². The molecule has 1 atom stereocenters. The number of amides is 1. The minimum Gasteiger partial charge on any atom is -0.478 e. The fraction of sp³-hybridized carbons (Fsp3) is 0.480. The van der Waals surface area contributed by atoms with E-state index in [2.05, 4.69) is 29.3 Å². The maximum atomic E-state index is 12.9. The first-order valence-electron chi connectivity index (χ1n) is 11.7. The number of carbonyl (C=O) groups excluding carboxylic acids is 1. The van der Waals surface area contributed by atoms with E-state index in [1.165, 1.54) is 22.7 Å². The average Bonchev–Trinajstić information content (AvgIpc) is 2.99. The van der Waals surface area contributed by atoms with Crippen molar-refractivity contribution in [2.24, 2.45) is 5.92 Å². The van der Waals surface area contributed by atoms with Gasteiger partial charge in [0.05, 0.1) is 11.9 Å². The third kappa shape index (κ3) is 6.23. The second-order valence-electron chi connectivity index (χ2n) is 9.34. The zero-order valence-corrected chi connectivity index (χ0v) is 21.2. The molecule has 1 unspecified atom stereocenters. The minimum absolute atomic E-state index is 0.133. The second-order valence-corrected chi connectivity index (χ2v) is 11.7. The molecule has 1 N–H and O–H groups in total. The predicted molar refractivity (Wildman–Crippen MR) is 135 cm³/mol. The van der Waals surface area contributed by atoms with E-state index < -0.39 is 16.1 Å². The summed E-state index contributed by atoms with van der Waals surface area (Å²) in [6.07, 6.45) is 3.08. The Kier molecular flexibility index (Phi) is 7.70. The molecule has 4 rings (SSSR count). The Bertz CT molecular complexity index is 1120. The monoisotopic (exact) mass is 505 g/mol. The highest BCUT2D eigenvalue weighted by Crippen LogP contribution is 2.36. The molecular weight excluding hydrogens is 474 g/mol. The molecule has 0 aliphatic carbocycles. The molecule has 2 aromatic rings. The molecule has 2 aliphatic heterocycles. The van der Waals surface area contributed by atoms with Crippen LogP contribution >= 0.6 is 11.6 Å². The van der Waals surface area contributed by atoms with Crippen molar-refractivity contribution in [2.75, 3.05) is 30.2 Å². The van der Waals surface area contributed by atoms with Gasteiger partial charge in [-0.2, -0.15) is 0 Å². The summed E-state index contributed by atoms with van der Waals surface area (Å²) in [6, 6.07) is 13.1. The first-order chi connectivity index (χ1) is 16.2. The quantitative estimate of drug-likeness (QED) is 0.646. The van der Waals surface area contributed by atoms with Crippen LogP contribution in [0.3, 0.4) is 0 Å². The normalized spacial score (nSPS) is 19.7. The van der Waals surface area contributed by atoms with Gasteiger partial charge in [-0.05, 0) is 61.2 Å². The zero-order chi connectivity index (χ0) is 24.3. The summed E-state index contributed by atoms with van der Waals surface area (Å²) in [5.41, 5.74) is 2.62. The first-order valence-corrected chi connectivity index (χ1v) is 13.9. The maximum absolute atomic E-state index is 12.9. The lowest BCUT2D eigenvalue weighted by Gasteiger charge is -2.30. The Morgan fingerprint density at radius 1 is 1.06 bits per heavy atom. The molecule has 9 heteroatoms. The minimum atomic E-state index is -3.54. The number of rotatable bonds is 6. The third-order valence-electron chi connectivity index (χ3n) is 6.52. The van der Waals surface area contributed by atoms with Crippen LogP contribution in [0.25, 0.3) is 0 Å². The van der Waals surface area contributed by atoms with Crippen LogP contribution in [0, 0.1) is 5.92 Å². The van der Waals surface area contributed by atoms with E-state index >= 15 is 0 Å². The standard InChI is InChI=1S/C25H32ClN3O4S/c1-18-9-12-28(13-10-18)17-20-5-3-19(4-6-20)16-27-25(30)24-11-14-29(34(2,31)32)22-15-21(26)7-8-23(22)33-24/h3-8,15,18,24H,9-14,16-17H2,1-2H3,(H,27,30). The molecule has 1 saturated heterocycles. The van der Waals surface area contributed by atoms with Gasteiger partial charge < -0.3 is 10.1 Å². The molecule has 1 amide bonds. The van der Waals surface area contributed by atoms with Crippen molar-refractivity contribution in [3.63, 3.8) is 0 Å². The summed E-state index contributed by atoms with van der Waals surface area (Å²) in [7, 11) is -3.54. The van der Waals surface area contributed by atoms with E-state index in [4.69, 9.17) is 16.3 Å². The van der Waals surface area contributed by atoms with Gasteiger partial charge in [-0.25, -0.2) is 8.42 Å². The number of halogens is 1. The highest BCUT2D eigenvalue weighted by atomic mass is 35.5. The van der Waals surface area contributed by atoms with Crippen LogP contribution in [0.2, 0.25) is 5.02 Å². The van der Waals surface area contributed by atoms with Gasteiger partial charge in [-0.15, -0.1) is 0 Å². The molecule has 2 aromatic carbocycles. The van der Waals surface area contributed by atoms with E-state index in [9.17, 15) is 13.2 Å². The van der Waals surface area contributed by atoms with Crippen molar-refractivity contribution < 1.29 is 17.9 Å². The molecule has 0 saturated carbocycles. The van der Waals surface area contributed by atoms with Crippen molar-refractivity contribution in [3.8, 4) is 5.75 Å². The van der Waals surface area contributed by atoms with Gasteiger partial charge in [-0.3, -0.25) is 14.0 Å². The number of ether oxygens (including phenoxy) is 1. The number of benzene rings is 2. The number of likely N-dealkylation sites (tertiary alicyclic amines) is 1. The van der Waals surface area contributed by atoms with E-state index in [0.717, 1.165) is 37.4 Å². The van der Waals surface area contributed by atoms with Crippen LogP contribution in [-0.2, 0) is 27.9 Å². The zero-order valence-electron chi connectivity index (χ0n) is 19.7. The van der Waals surface area contributed by atoms with Gasteiger partial charge in [-0.1, -0.05) is 42.8 Å². The Balaban J connectivity index is 1.35.